The van der Waals surface area contributed by atoms with Gasteiger partial charge in [0.25, 0.3) is 0 Å². The SMILES string of the molecule is COc1ccc(CCNCCNc2cc(C)nc3c2c2ccccc2n3-c2cc(C)cc(C)c2)cc1. The Morgan fingerprint density at radius 2 is 1.58 bits per heavy atom. The number of rotatable bonds is 9. The van der Waals surface area contributed by atoms with Crippen LogP contribution in [0.25, 0.3) is 27.6 Å². The van der Waals surface area contributed by atoms with Gasteiger partial charge in [0.15, 0.2) is 0 Å². The monoisotopic (exact) mass is 478 g/mol. The summed E-state index contributed by atoms with van der Waals surface area (Å²) in [5.74, 6) is 0.897. The van der Waals surface area contributed by atoms with E-state index in [1.807, 2.05) is 12.1 Å². The number of aryl methyl sites for hydroxylation is 3. The molecule has 2 aromatic heterocycles. The lowest BCUT2D eigenvalue weighted by atomic mass is 10.1. The molecular weight excluding hydrogens is 444 g/mol. The normalized spacial score (nSPS) is 11.3. The topological polar surface area (TPSA) is 51.1 Å². The number of ether oxygens (including phenoxy) is 1. The second-order valence-corrected chi connectivity index (χ2v) is 9.48. The number of pyridine rings is 1. The van der Waals surface area contributed by atoms with E-state index in [1.54, 1.807) is 7.11 Å². The molecule has 36 heavy (non-hydrogen) atoms. The molecule has 0 aliphatic rings. The highest BCUT2D eigenvalue weighted by Gasteiger charge is 2.17. The number of fused-ring (bicyclic) bond motifs is 3. The van der Waals surface area contributed by atoms with Gasteiger partial charge in [0.05, 0.1) is 18.0 Å². The third-order valence-corrected chi connectivity index (χ3v) is 6.59. The molecule has 0 aliphatic heterocycles. The maximum atomic E-state index is 5.24. The van der Waals surface area contributed by atoms with Gasteiger partial charge in [-0.1, -0.05) is 36.4 Å². The van der Waals surface area contributed by atoms with Crippen molar-refractivity contribution in [2.45, 2.75) is 27.2 Å². The van der Waals surface area contributed by atoms with E-state index in [9.17, 15) is 0 Å². The van der Waals surface area contributed by atoms with Crippen molar-refractivity contribution in [2.24, 2.45) is 0 Å². The predicted octanol–water partition coefficient (Wildman–Crippen LogP) is 6.36. The zero-order valence-corrected chi connectivity index (χ0v) is 21.6. The lowest BCUT2D eigenvalue weighted by Gasteiger charge is -2.12. The van der Waals surface area contributed by atoms with Crippen LogP contribution in [-0.2, 0) is 6.42 Å². The van der Waals surface area contributed by atoms with Crippen molar-refractivity contribution in [1.29, 1.82) is 0 Å². The lowest BCUT2D eigenvalue weighted by molar-refractivity contribution is 0.414. The molecule has 0 bridgehead atoms. The molecule has 0 fully saturated rings. The van der Waals surface area contributed by atoms with Crippen LogP contribution in [0.1, 0.15) is 22.4 Å². The minimum Gasteiger partial charge on any atom is -0.497 e. The first-order valence-electron chi connectivity index (χ1n) is 12.6. The number of nitrogens with one attached hydrogen (secondary N) is 2. The fraction of sp³-hybridized carbons (Fsp3) is 0.258. The molecular formula is C31H34N4O. The summed E-state index contributed by atoms with van der Waals surface area (Å²) < 4.78 is 7.54. The first-order valence-corrected chi connectivity index (χ1v) is 12.6. The molecule has 0 radical (unpaired) electrons. The molecule has 5 nitrogen and oxygen atoms in total. The maximum absolute atomic E-state index is 5.24. The lowest BCUT2D eigenvalue weighted by Crippen LogP contribution is -2.24. The van der Waals surface area contributed by atoms with Gasteiger partial charge in [-0.2, -0.15) is 0 Å². The summed E-state index contributed by atoms with van der Waals surface area (Å²) >= 11 is 0. The van der Waals surface area contributed by atoms with Crippen molar-refractivity contribution in [3.8, 4) is 11.4 Å². The highest BCUT2D eigenvalue weighted by Crippen LogP contribution is 2.36. The zero-order valence-electron chi connectivity index (χ0n) is 21.6. The molecule has 5 aromatic rings. The minimum absolute atomic E-state index is 0.838. The molecule has 5 rings (SSSR count). The standard InChI is InChI=1S/C31H34N4O/c1-21-17-22(2)19-25(18-21)35-29-8-6-5-7-27(29)30-28(20-23(3)34-31(30)35)33-16-15-32-14-13-24-9-11-26(36-4)12-10-24/h5-12,17-20,32H,13-16H2,1-4H3,(H,33,34). The fourth-order valence-electron chi connectivity index (χ4n) is 4.99. The molecule has 0 unspecified atom stereocenters. The number of hydrogen-bond acceptors (Lipinski definition) is 4. The Labute approximate surface area is 213 Å². The predicted molar refractivity (Wildman–Crippen MR) is 151 cm³/mol. The van der Waals surface area contributed by atoms with E-state index in [1.165, 1.54) is 33.0 Å². The van der Waals surface area contributed by atoms with Crippen LogP contribution in [0.5, 0.6) is 5.75 Å². The summed E-state index contributed by atoms with van der Waals surface area (Å²) in [4.78, 5) is 5.01. The van der Waals surface area contributed by atoms with E-state index in [4.69, 9.17) is 9.72 Å². The van der Waals surface area contributed by atoms with Crippen molar-refractivity contribution in [1.82, 2.24) is 14.9 Å². The van der Waals surface area contributed by atoms with Crippen LogP contribution in [0, 0.1) is 20.8 Å². The van der Waals surface area contributed by atoms with Crippen LogP contribution < -0.4 is 15.4 Å². The van der Waals surface area contributed by atoms with Crippen LogP contribution >= 0.6 is 0 Å². The van der Waals surface area contributed by atoms with Crippen molar-refractivity contribution in [3.05, 3.63) is 95.2 Å². The van der Waals surface area contributed by atoms with Gasteiger partial charge in [0.2, 0.25) is 0 Å². The number of anilines is 1. The van der Waals surface area contributed by atoms with Crippen molar-refractivity contribution >= 4 is 27.6 Å². The van der Waals surface area contributed by atoms with E-state index in [-0.39, 0.29) is 0 Å². The van der Waals surface area contributed by atoms with Gasteiger partial charge in [0, 0.05) is 35.5 Å². The Kier molecular flexibility index (Phi) is 6.92. The highest BCUT2D eigenvalue weighted by molar-refractivity contribution is 6.13. The first kappa shape index (κ1) is 23.9. The van der Waals surface area contributed by atoms with Crippen molar-refractivity contribution < 1.29 is 4.74 Å². The summed E-state index contributed by atoms with van der Waals surface area (Å²) in [6.07, 6.45) is 0.992. The van der Waals surface area contributed by atoms with Crippen LogP contribution in [0.2, 0.25) is 0 Å². The first-order chi connectivity index (χ1) is 17.5. The molecule has 3 aromatic carbocycles. The van der Waals surface area contributed by atoms with Gasteiger partial charge in [-0.3, -0.25) is 4.57 Å². The summed E-state index contributed by atoms with van der Waals surface area (Å²) in [5.41, 5.74) is 9.28. The third-order valence-electron chi connectivity index (χ3n) is 6.59. The van der Waals surface area contributed by atoms with Gasteiger partial charge < -0.3 is 15.4 Å². The minimum atomic E-state index is 0.838. The number of methoxy groups -OCH3 is 1. The van der Waals surface area contributed by atoms with Crippen molar-refractivity contribution in [3.63, 3.8) is 0 Å². The van der Waals surface area contributed by atoms with Crippen LogP contribution in [0.15, 0.2) is 72.8 Å². The number of aromatic nitrogens is 2. The Morgan fingerprint density at radius 1 is 0.833 bits per heavy atom. The molecule has 0 saturated heterocycles. The molecule has 2 N–H and O–H groups in total. The number of benzene rings is 3. The third kappa shape index (κ3) is 4.93. The van der Waals surface area contributed by atoms with Gasteiger partial charge >= 0.3 is 0 Å². The fourth-order valence-corrected chi connectivity index (χ4v) is 4.99. The molecule has 0 spiro atoms. The highest BCUT2D eigenvalue weighted by atomic mass is 16.5. The second-order valence-electron chi connectivity index (χ2n) is 9.48. The number of para-hydroxylation sites is 1. The molecule has 5 heteroatoms. The average Bonchev–Trinajstić information content (AvgIpc) is 3.20. The van der Waals surface area contributed by atoms with Gasteiger partial charge in [-0.15, -0.1) is 0 Å². The summed E-state index contributed by atoms with van der Waals surface area (Å²) in [7, 11) is 1.70. The quantitative estimate of drug-likeness (QED) is 0.242. The molecule has 184 valence electrons. The van der Waals surface area contributed by atoms with Gasteiger partial charge in [0.1, 0.15) is 11.4 Å². The van der Waals surface area contributed by atoms with Gasteiger partial charge in [-0.05, 0) is 86.8 Å². The molecule has 2 heterocycles. The summed E-state index contributed by atoms with van der Waals surface area (Å²) in [6, 6.07) is 25.7. The Balaban J connectivity index is 1.36. The molecule has 0 amide bonds. The Hall–Kier alpha value is -3.83. The second kappa shape index (κ2) is 10.4. The Bertz CT molecular complexity index is 1480. The largest absolute Gasteiger partial charge is 0.497 e. The Morgan fingerprint density at radius 3 is 2.33 bits per heavy atom. The van der Waals surface area contributed by atoms with Crippen LogP contribution in [0.4, 0.5) is 5.69 Å². The summed E-state index contributed by atoms with van der Waals surface area (Å²) in [5, 5.41) is 9.64. The van der Waals surface area contributed by atoms with E-state index >= 15 is 0 Å². The number of hydrogen-bond donors (Lipinski definition) is 2. The van der Waals surface area contributed by atoms with Crippen molar-refractivity contribution in [2.75, 3.05) is 32.1 Å². The van der Waals surface area contributed by atoms with Gasteiger partial charge in [-0.25, -0.2) is 4.98 Å². The molecule has 0 atom stereocenters. The van der Waals surface area contributed by atoms with E-state index in [2.05, 4.69) is 96.6 Å². The van der Waals surface area contributed by atoms with E-state index in [0.29, 0.717) is 0 Å². The van der Waals surface area contributed by atoms with E-state index in [0.717, 1.165) is 54.5 Å². The molecule has 0 saturated carbocycles. The van der Waals surface area contributed by atoms with E-state index < -0.39 is 0 Å². The average molecular weight is 479 g/mol. The number of nitrogens with zero attached hydrogens (tertiary/aromatic N) is 2. The smallest absolute Gasteiger partial charge is 0.147 e. The zero-order chi connectivity index (χ0) is 25.1. The molecule has 0 aliphatic carbocycles. The van der Waals surface area contributed by atoms with Crippen LogP contribution in [0.3, 0.4) is 0 Å². The summed E-state index contributed by atoms with van der Waals surface area (Å²) in [6.45, 7) is 9.03. The maximum Gasteiger partial charge on any atom is 0.147 e. The van der Waals surface area contributed by atoms with Crippen LogP contribution in [-0.4, -0.2) is 36.3 Å².